The third-order valence-electron chi connectivity index (χ3n) is 4.56. The van der Waals surface area contributed by atoms with Crippen LogP contribution in [0.3, 0.4) is 0 Å². The van der Waals surface area contributed by atoms with E-state index in [-0.39, 0.29) is 12.6 Å². The monoisotopic (exact) mass is 409 g/mol. The van der Waals surface area contributed by atoms with Crippen molar-refractivity contribution in [3.63, 3.8) is 0 Å². The number of ether oxygens (including phenoxy) is 4. The Labute approximate surface area is 169 Å². The number of rotatable bonds is 10. The van der Waals surface area contributed by atoms with Gasteiger partial charge >= 0.3 is 12.1 Å². The van der Waals surface area contributed by atoms with E-state index in [1.807, 2.05) is 0 Å². The van der Waals surface area contributed by atoms with Crippen LogP contribution in [-0.2, 0) is 14.3 Å². The Morgan fingerprint density at radius 1 is 1.17 bits per heavy atom. The van der Waals surface area contributed by atoms with Crippen LogP contribution in [-0.4, -0.2) is 62.0 Å². The Balaban J connectivity index is 1.80. The minimum Gasteiger partial charge on any atom is -0.454 e. The molecule has 4 N–H and O–H groups in total. The average molecular weight is 409 g/mol. The van der Waals surface area contributed by atoms with Crippen molar-refractivity contribution >= 4 is 17.8 Å². The highest BCUT2D eigenvalue weighted by Crippen LogP contribution is 2.33. The standard InChI is InChI=1S/C19H27N3O7/c1-12(17(23)13-6-7-15-16(9-13)27-10-26-15)22(2)19(25)29-11-28-18(24)14(21)5-3-4-8-20/h6-7,9,12,14H,3-5,8,10-11,20-21H2,1-2H3. The Morgan fingerprint density at radius 3 is 2.62 bits per heavy atom. The number of carbonyl (C=O) groups is 3. The summed E-state index contributed by atoms with van der Waals surface area (Å²) in [5, 5.41) is 0. The van der Waals surface area contributed by atoms with Crippen LogP contribution in [0.4, 0.5) is 4.79 Å². The van der Waals surface area contributed by atoms with E-state index in [9.17, 15) is 14.4 Å². The zero-order valence-electron chi connectivity index (χ0n) is 16.6. The van der Waals surface area contributed by atoms with Gasteiger partial charge in [-0.2, -0.15) is 0 Å². The number of hydrogen-bond donors (Lipinski definition) is 2. The summed E-state index contributed by atoms with van der Waals surface area (Å²) in [6, 6.07) is 3.19. The van der Waals surface area contributed by atoms with Gasteiger partial charge in [0.1, 0.15) is 6.04 Å². The molecule has 0 saturated heterocycles. The topological polar surface area (TPSA) is 143 Å². The molecule has 0 aromatic heterocycles. The Bertz CT molecular complexity index is 741. The van der Waals surface area contributed by atoms with Crippen LogP contribution >= 0.6 is 0 Å². The molecule has 10 nitrogen and oxygen atoms in total. The van der Waals surface area contributed by atoms with Crippen molar-refractivity contribution in [2.24, 2.45) is 11.5 Å². The summed E-state index contributed by atoms with van der Waals surface area (Å²) in [4.78, 5) is 37.6. The van der Waals surface area contributed by atoms with Crippen LogP contribution in [0.25, 0.3) is 0 Å². The predicted molar refractivity (Wildman–Crippen MR) is 102 cm³/mol. The molecule has 1 heterocycles. The molecule has 1 aliphatic heterocycles. The number of fused-ring (bicyclic) bond motifs is 1. The lowest BCUT2D eigenvalue weighted by Crippen LogP contribution is -2.41. The van der Waals surface area contributed by atoms with Gasteiger partial charge in [-0.05, 0) is 44.5 Å². The minimum atomic E-state index is -0.809. The van der Waals surface area contributed by atoms with Gasteiger partial charge < -0.3 is 35.3 Å². The number of ketones is 1. The molecular weight excluding hydrogens is 382 g/mol. The largest absolute Gasteiger partial charge is 0.454 e. The lowest BCUT2D eigenvalue weighted by atomic mass is 10.0. The van der Waals surface area contributed by atoms with Crippen LogP contribution in [0.5, 0.6) is 11.5 Å². The lowest BCUT2D eigenvalue weighted by Gasteiger charge is -2.23. The van der Waals surface area contributed by atoms with Gasteiger partial charge in [-0.3, -0.25) is 9.59 Å². The average Bonchev–Trinajstić information content (AvgIpc) is 3.19. The third-order valence-corrected chi connectivity index (χ3v) is 4.56. The van der Waals surface area contributed by atoms with E-state index in [0.717, 1.165) is 11.3 Å². The van der Waals surface area contributed by atoms with Crippen molar-refractivity contribution in [2.75, 3.05) is 27.2 Å². The smallest absolute Gasteiger partial charge is 0.413 e. The van der Waals surface area contributed by atoms with Crippen LogP contribution in [0.2, 0.25) is 0 Å². The summed E-state index contributed by atoms with van der Waals surface area (Å²) in [5.41, 5.74) is 11.5. The van der Waals surface area contributed by atoms with Gasteiger partial charge in [0, 0.05) is 12.6 Å². The number of nitrogens with two attached hydrogens (primary N) is 2. The van der Waals surface area contributed by atoms with Crippen LogP contribution in [0, 0.1) is 0 Å². The first-order valence-corrected chi connectivity index (χ1v) is 9.31. The fraction of sp³-hybridized carbons (Fsp3) is 0.526. The van der Waals surface area contributed by atoms with E-state index in [1.165, 1.54) is 7.05 Å². The van der Waals surface area contributed by atoms with Crippen LogP contribution in [0.15, 0.2) is 18.2 Å². The van der Waals surface area contributed by atoms with E-state index >= 15 is 0 Å². The molecule has 0 radical (unpaired) electrons. The fourth-order valence-electron chi connectivity index (χ4n) is 2.60. The van der Waals surface area contributed by atoms with Gasteiger partial charge in [-0.15, -0.1) is 0 Å². The fourth-order valence-corrected chi connectivity index (χ4v) is 2.60. The number of likely N-dealkylation sites (N-methyl/N-ethyl adjacent to an activating group) is 1. The number of amides is 1. The summed E-state index contributed by atoms with van der Waals surface area (Å²) < 4.78 is 20.2. The van der Waals surface area contributed by atoms with Gasteiger partial charge in [0.2, 0.25) is 13.6 Å². The lowest BCUT2D eigenvalue weighted by molar-refractivity contribution is -0.154. The number of Topliss-reactive ketones (excluding diaryl/α,β-unsaturated/α-hetero) is 1. The maximum Gasteiger partial charge on any atom is 0.413 e. The summed E-state index contributed by atoms with van der Waals surface area (Å²) in [6.07, 6.45) is 1.09. The molecule has 1 aromatic carbocycles. The Kier molecular flexibility index (Phi) is 8.22. The van der Waals surface area contributed by atoms with Gasteiger partial charge in [-0.25, -0.2) is 4.79 Å². The summed E-state index contributed by atoms with van der Waals surface area (Å²) in [6.45, 7) is 1.60. The van der Waals surface area contributed by atoms with E-state index in [1.54, 1.807) is 25.1 Å². The first-order chi connectivity index (χ1) is 13.8. The molecule has 29 heavy (non-hydrogen) atoms. The second-order valence-corrected chi connectivity index (χ2v) is 6.60. The number of benzene rings is 1. The van der Waals surface area contributed by atoms with Crippen molar-refractivity contribution in [1.82, 2.24) is 4.90 Å². The molecule has 0 bridgehead atoms. The van der Waals surface area contributed by atoms with Crippen molar-refractivity contribution < 1.29 is 33.3 Å². The Morgan fingerprint density at radius 2 is 1.90 bits per heavy atom. The molecular formula is C19H27N3O7. The number of nitrogens with zero attached hydrogens (tertiary/aromatic N) is 1. The van der Waals surface area contributed by atoms with Crippen molar-refractivity contribution in [3.05, 3.63) is 23.8 Å². The molecule has 0 aliphatic carbocycles. The summed E-state index contributed by atoms with van der Waals surface area (Å²) in [5.74, 6) is 0.0663. The molecule has 160 valence electrons. The van der Waals surface area contributed by atoms with Crippen molar-refractivity contribution in [1.29, 1.82) is 0 Å². The third kappa shape index (κ3) is 6.06. The molecule has 1 aliphatic rings. The number of carbonyl (C=O) groups excluding carboxylic acids is 3. The molecule has 2 unspecified atom stereocenters. The predicted octanol–water partition coefficient (Wildman–Crippen LogP) is 1.01. The van der Waals surface area contributed by atoms with Gasteiger partial charge in [0.05, 0.1) is 6.04 Å². The first kappa shape index (κ1) is 22.4. The molecule has 1 amide bonds. The van der Waals surface area contributed by atoms with Crippen LogP contribution in [0.1, 0.15) is 36.5 Å². The summed E-state index contributed by atoms with van der Waals surface area (Å²) >= 11 is 0. The minimum absolute atomic E-state index is 0.101. The summed E-state index contributed by atoms with van der Waals surface area (Å²) in [7, 11) is 1.41. The Hall–Kier alpha value is -2.85. The molecule has 0 spiro atoms. The normalized spacial score (nSPS) is 14.1. The highest BCUT2D eigenvalue weighted by molar-refractivity contribution is 6.01. The van der Waals surface area contributed by atoms with Crippen molar-refractivity contribution in [3.8, 4) is 11.5 Å². The SMILES string of the molecule is CC(C(=O)c1ccc2c(c1)OCO2)N(C)C(=O)OCOC(=O)C(N)CCCCN. The second kappa shape index (κ2) is 10.6. The van der Waals surface area contributed by atoms with Gasteiger partial charge in [-0.1, -0.05) is 6.42 Å². The molecule has 10 heteroatoms. The van der Waals surface area contributed by atoms with E-state index in [0.29, 0.717) is 36.4 Å². The molecule has 1 aromatic rings. The first-order valence-electron chi connectivity index (χ1n) is 9.31. The highest BCUT2D eigenvalue weighted by Gasteiger charge is 2.26. The highest BCUT2D eigenvalue weighted by atomic mass is 16.7. The zero-order valence-corrected chi connectivity index (χ0v) is 16.6. The van der Waals surface area contributed by atoms with Crippen molar-refractivity contribution in [2.45, 2.75) is 38.3 Å². The van der Waals surface area contributed by atoms with E-state index < -0.39 is 30.9 Å². The van der Waals surface area contributed by atoms with Gasteiger partial charge in [0.15, 0.2) is 17.3 Å². The van der Waals surface area contributed by atoms with Crippen LogP contribution < -0.4 is 20.9 Å². The molecule has 2 atom stereocenters. The van der Waals surface area contributed by atoms with E-state index in [2.05, 4.69) is 0 Å². The number of hydrogen-bond acceptors (Lipinski definition) is 9. The van der Waals surface area contributed by atoms with Gasteiger partial charge in [0.25, 0.3) is 0 Å². The maximum atomic E-state index is 12.6. The zero-order chi connectivity index (χ0) is 21.4. The maximum absolute atomic E-state index is 12.6. The second-order valence-electron chi connectivity index (χ2n) is 6.60. The number of unbranched alkanes of at least 4 members (excludes halogenated alkanes) is 1. The molecule has 0 fully saturated rings. The van der Waals surface area contributed by atoms with E-state index in [4.69, 9.17) is 30.4 Å². The number of esters is 1. The quantitative estimate of drug-likeness (QED) is 0.250. The molecule has 0 saturated carbocycles. The molecule has 2 rings (SSSR count).